The molecular weight excluding hydrogens is 172 g/mol. The molecule has 1 heteroatoms. The molecule has 1 nitrogen and oxygen atoms in total. The van der Waals surface area contributed by atoms with Crippen molar-refractivity contribution in [1.29, 1.82) is 0 Å². The SMILES string of the molecule is C/C=C\CC(C)C1=CC[C@@H](C=O)C=C1. The average molecular weight is 190 g/mol. The summed E-state index contributed by atoms with van der Waals surface area (Å²) in [6, 6.07) is 0. The van der Waals surface area contributed by atoms with E-state index in [4.69, 9.17) is 0 Å². The fraction of sp³-hybridized carbons (Fsp3) is 0.462. The van der Waals surface area contributed by atoms with Crippen molar-refractivity contribution in [2.75, 3.05) is 0 Å². The number of allylic oxidation sites excluding steroid dienone is 6. The van der Waals surface area contributed by atoms with Gasteiger partial charge in [0.1, 0.15) is 6.29 Å². The van der Waals surface area contributed by atoms with Crippen LogP contribution in [-0.4, -0.2) is 6.29 Å². The summed E-state index contributed by atoms with van der Waals surface area (Å²) in [5.41, 5.74) is 1.36. The fourth-order valence-electron chi connectivity index (χ4n) is 1.60. The first-order valence-electron chi connectivity index (χ1n) is 5.22. The van der Waals surface area contributed by atoms with Gasteiger partial charge in [-0.3, -0.25) is 0 Å². The number of rotatable bonds is 4. The van der Waals surface area contributed by atoms with Crippen molar-refractivity contribution in [1.82, 2.24) is 0 Å². The van der Waals surface area contributed by atoms with E-state index in [1.165, 1.54) is 5.57 Å². The van der Waals surface area contributed by atoms with E-state index >= 15 is 0 Å². The lowest BCUT2D eigenvalue weighted by atomic mass is 9.89. The van der Waals surface area contributed by atoms with E-state index in [9.17, 15) is 4.79 Å². The molecule has 1 rings (SSSR count). The molecule has 0 aromatic heterocycles. The zero-order valence-electron chi connectivity index (χ0n) is 8.94. The van der Waals surface area contributed by atoms with E-state index in [1.807, 2.05) is 13.0 Å². The van der Waals surface area contributed by atoms with Crippen LogP contribution in [0.5, 0.6) is 0 Å². The summed E-state index contributed by atoms with van der Waals surface area (Å²) >= 11 is 0. The number of hydrogen-bond donors (Lipinski definition) is 0. The molecule has 14 heavy (non-hydrogen) atoms. The minimum Gasteiger partial charge on any atom is -0.303 e. The maximum atomic E-state index is 10.5. The molecule has 76 valence electrons. The number of aldehydes is 1. The Kier molecular flexibility index (Phi) is 4.37. The molecule has 0 radical (unpaired) electrons. The van der Waals surface area contributed by atoms with E-state index in [1.54, 1.807) is 0 Å². The van der Waals surface area contributed by atoms with Crippen LogP contribution in [0.2, 0.25) is 0 Å². The van der Waals surface area contributed by atoms with Gasteiger partial charge in [-0.15, -0.1) is 0 Å². The number of hydrogen-bond acceptors (Lipinski definition) is 1. The molecule has 0 heterocycles. The van der Waals surface area contributed by atoms with Crippen molar-refractivity contribution >= 4 is 6.29 Å². The van der Waals surface area contributed by atoms with Gasteiger partial charge in [-0.1, -0.05) is 37.3 Å². The van der Waals surface area contributed by atoms with E-state index in [-0.39, 0.29) is 5.92 Å². The van der Waals surface area contributed by atoms with Gasteiger partial charge in [0.2, 0.25) is 0 Å². The molecule has 1 unspecified atom stereocenters. The predicted molar refractivity (Wildman–Crippen MR) is 60.0 cm³/mol. The summed E-state index contributed by atoms with van der Waals surface area (Å²) in [4.78, 5) is 10.5. The van der Waals surface area contributed by atoms with Gasteiger partial charge < -0.3 is 4.79 Å². The van der Waals surface area contributed by atoms with Gasteiger partial charge in [-0.05, 0) is 31.3 Å². The Labute approximate surface area is 86.2 Å². The zero-order chi connectivity index (χ0) is 10.4. The lowest BCUT2D eigenvalue weighted by molar-refractivity contribution is -0.109. The van der Waals surface area contributed by atoms with Gasteiger partial charge in [0, 0.05) is 5.92 Å². The number of carbonyl (C=O) groups excluding carboxylic acids is 1. The molecule has 0 aliphatic heterocycles. The van der Waals surface area contributed by atoms with Gasteiger partial charge in [0.25, 0.3) is 0 Å². The Morgan fingerprint density at radius 3 is 2.93 bits per heavy atom. The van der Waals surface area contributed by atoms with Crippen LogP contribution in [0.4, 0.5) is 0 Å². The molecular formula is C13H18O. The van der Waals surface area contributed by atoms with Gasteiger partial charge in [0.15, 0.2) is 0 Å². The molecule has 1 aliphatic carbocycles. The summed E-state index contributed by atoms with van der Waals surface area (Å²) in [5.74, 6) is 0.669. The van der Waals surface area contributed by atoms with Crippen molar-refractivity contribution in [3.63, 3.8) is 0 Å². The highest BCUT2D eigenvalue weighted by Crippen LogP contribution is 2.23. The van der Waals surface area contributed by atoms with Crippen LogP contribution in [0.15, 0.2) is 36.0 Å². The highest BCUT2D eigenvalue weighted by Gasteiger charge is 2.10. The summed E-state index contributed by atoms with van der Waals surface area (Å²) in [7, 11) is 0. The maximum Gasteiger partial charge on any atom is 0.127 e. The third-order valence-electron chi connectivity index (χ3n) is 2.63. The summed E-state index contributed by atoms with van der Waals surface area (Å²) < 4.78 is 0. The zero-order valence-corrected chi connectivity index (χ0v) is 8.94. The largest absolute Gasteiger partial charge is 0.303 e. The van der Waals surface area contributed by atoms with Crippen molar-refractivity contribution < 1.29 is 4.79 Å². The lowest BCUT2D eigenvalue weighted by Gasteiger charge is -2.15. The fourth-order valence-corrected chi connectivity index (χ4v) is 1.60. The number of carbonyl (C=O) groups is 1. The van der Waals surface area contributed by atoms with E-state index in [0.717, 1.165) is 19.1 Å². The molecule has 0 bridgehead atoms. The second kappa shape index (κ2) is 5.58. The molecule has 0 fully saturated rings. The van der Waals surface area contributed by atoms with Gasteiger partial charge in [0.05, 0.1) is 0 Å². The maximum absolute atomic E-state index is 10.5. The smallest absolute Gasteiger partial charge is 0.127 e. The highest BCUT2D eigenvalue weighted by molar-refractivity contribution is 5.58. The summed E-state index contributed by atoms with van der Waals surface area (Å²) in [5, 5.41) is 0. The first-order chi connectivity index (χ1) is 6.77. The van der Waals surface area contributed by atoms with Crippen LogP contribution in [-0.2, 0) is 4.79 Å². The minimum atomic E-state index is 0.104. The minimum absolute atomic E-state index is 0.104. The van der Waals surface area contributed by atoms with Crippen LogP contribution >= 0.6 is 0 Å². The Hall–Kier alpha value is -1.11. The normalized spacial score (nSPS) is 23.6. The van der Waals surface area contributed by atoms with Crippen LogP contribution in [0.25, 0.3) is 0 Å². The van der Waals surface area contributed by atoms with E-state index < -0.39 is 0 Å². The van der Waals surface area contributed by atoms with Crippen molar-refractivity contribution in [3.8, 4) is 0 Å². The van der Waals surface area contributed by atoms with Crippen LogP contribution in [0.1, 0.15) is 26.7 Å². The van der Waals surface area contributed by atoms with Crippen LogP contribution < -0.4 is 0 Å². The molecule has 0 saturated carbocycles. The first-order valence-corrected chi connectivity index (χ1v) is 5.22. The lowest BCUT2D eigenvalue weighted by Crippen LogP contribution is -2.05. The third-order valence-corrected chi connectivity index (χ3v) is 2.63. The highest BCUT2D eigenvalue weighted by atomic mass is 16.1. The Bertz CT molecular complexity index is 271. The topological polar surface area (TPSA) is 17.1 Å². The standard InChI is InChI=1S/C13H18O/c1-3-4-5-11(2)13-8-6-12(10-14)7-9-13/h3-4,6,8-12H,5,7H2,1-2H3/b4-3-/t11?,12-/m0/s1. The summed E-state index contributed by atoms with van der Waals surface area (Å²) in [6.45, 7) is 4.26. The monoisotopic (exact) mass is 190 g/mol. The van der Waals surface area contributed by atoms with Gasteiger partial charge in [-0.2, -0.15) is 0 Å². The second-order valence-electron chi connectivity index (χ2n) is 3.80. The molecule has 0 saturated heterocycles. The predicted octanol–water partition coefficient (Wildman–Crippen LogP) is 3.29. The first kappa shape index (κ1) is 11.0. The van der Waals surface area contributed by atoms with Gasteiger partial charge in [-0.25, -0.2) is 0 Å². The van der Waals surface area contributed by atoms with Crippen LogP contribution in [0, 0.1) is 11.8 Å². The molecule has 2 atom stereocenters. The van der Waals surface area contributed by atoms with Crippen molar-refractivity contribution in [3.05, 3.63) is 36.0 Å². The van der Waals surface area contributed by atoms with Crippen molar-refractivity contribution in [2.24, 2.45) is 11.8 Å². The summed E-state index contributed by atoms with van der Waals surface area (Å²) in [6.07, 6.45) is 13.5. The van der Waals surface area contributed by atoms with Gasteiger partial charge >= 0.3 is 0 Å². The molecule has 0 N–H and O–H groups in total. The molecule has 0 spiro atoms. The van der Waals surface area contributed by atoms with E-state index in [2.05, 4.69) is 31.2 Å². The third kappa shape index (κ3) is 2.99. The average Bonchev–Trinajstić information content (AvgIpc) is 2.26. The molecule has 1 aliphatic rings. The molecule has 0 aromatic carbocycles. The van der Waals surface area contributed by atoms with Crippen molar-refractivity contribution in [2.45, 2.75) is 26.7 Å². The Balaban J connectivity index is 2.51. The second-order valence-corrected chi connectivity index (χ2v) is 3.80. The molecule has 0 amide bonds. The Morgan fingerprint density at radius 2 is 2.43 bits per heavy atom. The van der Waals surface area contributed by atoms with Crippen LogP contribution in [0.3, 0.4) is 0 Å². The quantitative estimate of drug-likeness (QED) is 0.491. The molecule has 0 aromatic rings. The van der Waals surface area contributed by atoms with E-state index in [0.29, 0.717) is 5.92 Å². The Morgan fingerprint density at radius 1 is 1.64 bits per heavy atom.